The van der Waals surface area contributed by atoms with Crippen LogP contribution >= 0.6 is 0 Å². The molecule has 0 spiro atoms. The highest BCUT2D eigenvalue weighted by atomic mass is 19.1. The fourth-order valence-electron chi connectivity index (χ4n) is 3.16. The maximum atomic E-state index is 14.2. The standard InChI is InChI=1S/C20H21FN6O/c1-3-24-12-15(11-22)20(18(28)27(2)19(23)26-20)14-7-4-6-13(10-14)16-8-5-9-25-17(16)21/h4-12,22,24H,3H2,1-2H3,(H2,23,26)/b15-12+,22-11?. The molecule has 1 aromatic carbocycles. The molecule has 0 aliphatic carbocycles. The van der Waals surface area contributed by atoms with Gasteiger partial charge in [0, 0.05) is 43.3 Å². The zero-order chi connectivity index (χ0) is 20.3. The minimum absolute atomic E-state index is 0.0483. The van der Waals surface area contributed by atoms with Gasteiger partial charge in [0.1, 0.15) is 0 Å². The predicted octanol–water partition coefficient (Wildman–Crippen LogP) is 2.01. The number of carbonyl (C=O) groups is 1. The summed E-state index contributed by atoms with van der Waals surface area (Å²) in [6.45, 7) is 2.51. The second-order valence-electron chi connectivity index (χ2n) is 6.27. The van der Waals surface area contributed by atoms with E-state index in [1.165, 1.54) is 18.1 Å². The number of amides is 1. The molecule has 1 atom stereocenters. The van der Waals surface area contributed by atoms with Crippen LogP contribution in [0.3, 0.4) is 0 Å². The summed E-state index contributed by atoms with van der Waals surface area (Å²) in [6.07, 6.45) is 4.03. The van der Waals surface area contributed by atoms with Crippen LogP contribution in [0.1, 0.15) is 12.5 Å². The molecule has 7 nitrogen and oxygen atoms in total. The van der Waals surface area contributed by atoms with Gasteiger partial charge in [-0.2, -0.15) is 4.39 Å². The number of pyridine rings is 1. The Kier molecular flexibility index (Phi) is 5.21. The highest BCUT2D eigenvalue weighted by molar-refractivity contribution is 6.12. The zero-order valence-corrected chi connectivity index (χ0v) is 15.6. The van der Waals surface area contributed by atoms with Crippen molar-refractivity contribution in [1.82, 2.24) is 15.2 Å². The van der Waals surface area contributed by atoms with Crippen LogP contribution < -0.4 is 11.1 Å². The number of halogens is 1. The Morgan fingerprint density at radius 2 is 2.18 bits per heavy atom. The SMILES string of the molecule is CCN/C=C(\C=N)C1(c2cccc(-c3cccnc3F)c2)N=C(N)N(C)C1=O. The van der Waals surface area contributed by atoms with Gasteiger partial charge in [-0.05, 0) is 36.2 Å². The molecule has 1 aliphatic rings. The summed E-state index contributed by atoms with van der Waals surface area (Å²) in [6, 6.07) is 10.1. The second kappa shape index (κ2) is 7.59. The van der Waals surface area contributed by atoms with Crippen LogP contribution in [-0.4, -0.2) is 41.6 Å². The number of rotatable bonds is 6. The van der Waals surface area contributed by atoms with Gasteiger partial charge in [-0.3, -0.25) is 9.69 Å². The zero-order valence-electron chi connectivity index (χ0n) is 15.6. The summed E-state index contributed by atoms with van der Waals surface area (Å²) in [5, 5.41) is 10.9. The largest absolute Gasteiger partial charge is 0.391 e. The van der Waals surface area contributed by atoms with E-state index < -0.39 is 11.5 Å². The lowest BCUT2D eigenvalue weighted by Gasteiger charge is -2.27. The molecule has 144 valence electrons. The van der Waals surface area contributed by atoms with Gasteiger partial charge < -0.3 is 16.5 Å². The Bertz CT molecular complexity index is 986. The quantitative estimate of drug-likeness (QED) is 0.526. The molecule has 1 aromatic heterocycles. The van der Waals surface area contributed by atoms with Gasteiger partial charge in [0.15, 0.2) is 11.5 Å². The molecule has 28 heavy (non-hydrogen) atoms. The number of guanidine groups is 1. The number of nitrogens with two attached hydrogens (primary N) is 1. The smallest absolute Gasteiger partial charge is 0.266 e. The molecular formula is C20H21FN6O. The van der Waals surface area contributed by atoms with E-state index in [2.05, 4.69) is 15.3 Å². The van der Waals surface area contributed by atoms with Crippen molar-refractivity contribution in [2.24, 2.45) is 10.7 Å². The maximum Gasteiger partial charge on any atom is 0.266 e. The minimum Gasteiger partial charge on any atom is -0.391 e. The number of hydrogen-bond donors (Lipinski definition) is 3. The molecular weight excluding hydrogens is 359 g/mol. The van der Waals surface area contributed by atoms with Crippen molar-refractivity contribution < 1.29 is 9.18 Å². The Morgan fingerprint density at radius 1 is 1.39 bits per heavy atom. The Labute approximate surface area is 162 Å². The molecule has 2 aromatic rings. The first-order valence-corrected chi connectivity index (χ1v) is 8.75. The van der Waals surface area contributed by atoms with Gasteiger partial charge in [-0.15, -0.1) is 0 Å². The minimum atomic E-state index is -1.52. The molecule has 0 saturated carbocycles. The molecule has 3 rings (SSSR count). The number of aliphatic imine (C=N–C) groups is 1. The molecule has 0 radical (unpaired) electrons. The highest BCUT2D eigenvalue weighted by Crippen LogP contribution is 2.40. The van der Waals surface area contributed by atoms with Gasteiger partial charge in [0.05, 0.1) is 0 Å². The third-order valence-corrected chi connectivity index (χ3v) is 4.63. The lowest BCUT2D eigenvalue weighted by Crippen LogP contribution is -2.42. The second-order valence-corrected chi connectivity index (χ2v) is 6.27. The third kappa shape index (κ3) is 3.02. The van der Waals surface area contributed by atoms with E-state index in [9.17, 15) is 9.18 Å². The van der Waals surface area contributed by atoms with Crippen molar-refractivity contribution in [3.05, 3.63) is 65.9 Å². The first-order chi connectivity index (χ1) is 13.5. The third-order valence-electron chi connectivity index (χ3n) is 4.63. The van der Waals surface area contributed by atoms with Gasteiger partial charge >= 0.3 is 0 Å². The summed E-state index contributed by atoms with van der Waals surface area (Å²) in [7, 11) is 1.53. The average Bonchev–Trinajstić information content (AvgIpc) is 2.94. The molecule has 0 bridgehead atoms. The lowest BCUT2D eigenvalue weighted by atomic mass is 9.82. The molecule has 0 fully saturated rings. The summed E-state index contributed by atoms with van der Waals surface area (Å²) in [4.78, 5) is 22.6. The van der Waals surface area contributed by atoms with Gasteiger partial charge in [-0.25, -0.2) is 9.98 Å². The highest BCUT2D eigenvalue weighted by Gasteiger charge is 2.50. The fraction of sp³-hybridized carbons (Fsp3) is 0.200. The number of nitrogens with zero attached hydrogens (tertiary/aromatic N) is 3. The molecule has 2 heterocycles. The van der Waals surface area contributed by atoms with E-state index >= 15 is 0 Å². The van der Waals surface area contributed by atoms with Crippen LogP contribution in [0.2, 0.25) is 0 Å². The molecule has 8 heteroatoms. The molecule has 1 unspecified atom stereocenters. The summed E-state index contributed by atoms with van der Waals surface area (Å²) < 4.78 is 14.2. The average molecular weight is 380 g/mol. The van der Waals surface area contributed by atoms with E-state index in [0.29, 0.717) is 28.8 Å². The van der Waals surface area contributed by atoms with Crippen LogP contribution in [0.25, 0.3) is 11.1 Å². The predicted molar refractivity (Wildman–Crippen MR) is 106 cm³/mol. The molecule has 1 aliphatic heterocycles. The van der Waals surface area contributed by atoms with Gasteiger partial charge in [-0.1, -0.05) is 18.2 Å². The van der Waals surface area contributed by atoms with Gasteiger partial charge in [0.2, 0.25) is 5.95 Å². The van der Waals surface area contributed by atoms with Crippen LogP contribution in [0.4, 0.5) is 4.39 Å². The Morgan fingerprint density at radius 3 is 2.79 bits per heavy atom. The number of hydrogen-bond acceptors (Lipinski definition) is 6. The summed E-state index contributed by atoms with van der Waals surface area (Å²) in [5.41, 5.74) is 6.09. The van der Waals surface area contributed by atoms with Crippen LogP contribution in [0.5, 0.6) is 0 Å². The fourth-order valence-corrected chi connectivity index (χ4v) is 3.16. The number of benzene rings is 1. The van der Waals surface area contributed by atoms with Crippen LogP contribution in [0, 0.1) is 11.4 Å². The molecule has 1 amide bonds. The van der Waals surface area contributed by atoms with Crippen molar-refractivity contribution >= 4 is 18.1 Å². The van der Waals surface area contributed by atoms with Crippen molar-refractivity contribution in [2.45, 2.75) is 12.5 Å². The van der Waals surface area contributed by atoms with Crippen molar-refractivity contribution in [1.29, 1.82) is 5.41 Å². The monoisotopic (exact) mass is 380 g/mol. The Hall–Kier alpha value is -3.55. The van der Waals surface area contributed by atoms with E-state index in [1.807, 2.05) is 6.92 Å². The summed E-state index contributed by atoms with van der Waals surface area (Å²) in [5.74, 6) is -0.948. The van der Waals surface area contributed by atoms with E-state index in [4.69, 9.17) is 11.1 Å². The Balaban J connectivity index is 2.24. The summed E-state index contributed by atoms with van der Waals surface area (Å²) >= 11 is 0. The van der Waals surface area contributed by atoms with E-state index in [0.717, 1.165) is 6.21 Å². The first kappa shape index (κ1) is 19.2. The normalized spacial score (nSPS) is 19.5. The lowest BCUT2D eigenvalue weighted by molar-refractivity contribution is -0.129. The van der Waals surface area contributed by atoms with Crippen molar-refractivity contribution in [2.75, 3.05) is 13.6 Å². The topological polar surface area (TPSA) is 107 Å². The van der Waals surface area contributed by atoms with Gasteiger partial charge in [0.25, 0.3) is 5.91 Å². The number of carbonyl (C=O) groups excluding carboxylic acids is 1. The number of likely N-dealkylation sites (N-methyl/N-ethyl adjacent to an activating group) is 1. The van der Waals surface area contributed by atoms with Crippen molar-refractivity contribution in [3.63, 3.8) is 0 Å². The van der Waals surface area contributed by atoms with Crippen LogP contribution in [0.15, 0.2) is 59.4 Å². The van der Waals surface area contributed by atoms with Crippen LogP contribution in [-0.2, 0) is 10.3 Å². The molecule has 0 saturated heterocycles. The number of nitrogens with one attached hydrogen (secondary N) is 2. The molecule has 4 N–H and O–H groups in total. The maximum absolute atomic E-state index is 14.2. The first-order valence-electron chi connectivity index (χ1n) is 8.75. The number of aromatic nitrogens is 1. The van der Waals surface area contributed by atoms with E-state index in [1.54, 1.807) is 42.6 Å². The van der Waals surface area contributed by atoms with Crippen molar-refractivity contribution in [3.8, 4) is 11.1 Å². The van der Waals surface area contributed by atoms with E-state index in [-0.39, 0.29) is 11.9 Å².